The molecular weight excluding hydrogens is 479 g/mol. The summed E-state index contributed by atoms with van der Waals surface area (Å²) in [5.74, 6) is 0.801. The van der Waals surface area contributed by atoms with Crippen molar-refractivity contribution in [2.45, 2.75) is 65.6 Å². The molecule has 0 spiro atoms. The number of nitrogens with one attached hydrogen (secondary N) is 1. The van der Waals surface area contributed by atoms with Gasteiger partial charge in [-0.25, -0.2) is 9.31 Å². The summed E-state index contributed by atoms with van der Waals surface area (Å²) in [7, 11) is 0. The van der Waals surface area contributed by atoms with Crippen LogP contribution in [-0.4, -0.2) is 30.5 Å². The zero-order chi connectivity index (χ0) is 25.4. The third-order valence-electron chi connectivity index (χ3n) is 5.33. The fraction of sp³-hybridized carbons (Fsp3) is 0.435. The molecule has 1 aliphatic carbocycles. The Kier molecular flexibility index (Phi) is 9.07. The van der Waals surface area contributed by atoms with Crippen LogP contribution in [0.15, 0.2) is 35.0 Å². The van der Waals surface area contributed by atoms with E-state index in [1.807, 2.05) is 45.9 Å². The summed E-state index contributed by atoms with van der Waals surface area (Å²) in [6, 6.07) is 3.62. The van der Waals surface area contributed by atoms with E-state index in [-0.39, 0.29) is 12.5 Å². The van der Waals surface area contributed by atoms with E-state index in [9.17, 15) is 13.2 Å². The van der Waals surface area contributed by atoms with Gasteiger partial charge >= 0.3 is 6.18 Å². The fourth-order valence-corrected chi connectivity index (χ4v) is 4.13. The van der Waals surface area contributed by atoms with Crippen molar-refractivity contribution < 1.29 is 17.8 Å². The molecule has 0 saturated heterocycles. The van der Waals surface area contributed by atoms with Crippen LogP contribution in [-0.2, 0) is 12.7 Å². The van der Waals surface area contributed by atoms with Crippen molar-refractivity contribution >= 4 is 28.6 Å². The Bertz CT molecular complexity index is 1170. The van der Waals surface area contributed by atoms with Gasteiger partial charge in [-0.1, -0.05) is 45.9 Å². The summed E-state index contributed by atoms with van der Waals surface area (Å²) in [6.45, 7) is 8.26. The lowest BCUT2D eigenvalue weighted by Crippen LogP contribution is -2.12. The van der Waals surface area contributed by atoms with E-state index < -0.39 is 11.7 Å². The zero-order valence-corrected chi connectivity index (χ0v) is 20.8. The lowest BCUT2D eigenvalue weighted by atomic mass is 10.1. The first-order chi connectivity index (χ1) is 16.9. The van der Waals surface area contributed by atoms with E-state index in [1.165, 1.54) is 18.0 Å². The molecule has 0 radical (unpaired) electrons. The molecular formula is C23H28F3N7OS. The van der Waals surface area contributed by atoms with Crippen LogP contribution in [0.2, 0.25) is 0 Å². The van der Waals surface area contributed by atoms with Crippen molar-refractivity contribution in [3.05, 3.63) is 58.7 Å². The molecule has 1 aliphatic rings. The van der Waals surface area contributed by atoms with Gasteiger partial charge in [0.15, 0.2) is 5.82 Å². The number of hydrogen-bond acceptors (Lipinski definition) is 8. The van der Waals surface area contributed by atoms with E-state index in [1.54, 1.807) is 4.68 Å². The summed E-state index contributed by atoms with van der Waals surface area (Å²) >= 11 is 1.17. The van der Waals surface area contributed by atoms with Gasteiger partial charge in [-0.3, -0.25) is 0 Å². The van der Waals surface area contributed by atoms with Crippen LogP contribution in [0, 0.1) is 0 Å². The Labute approximate surface area is 206 Å². The Morgan fingerprint density at radius 1 is 1.20 bits per heavy atom. The predicted molar refractivity (Wildman–Crippen MR) is 130 cm³/mol. The number of alkyl halides is 3. The highest BCUT2D eigenvalue weighted by Crippen LogP contribution is 2.36. The highest BCUT2D eigenvalue weighted by Gasteiger charge is 2.31. The van der Waals surface area contributed by atoms with Crippen molar-refractivity contribution in [2.75, 3.05) is 4.72 Å². The SMILES string of the molecule is CC.CCC(C)c1nnnn1Cc1ccc(C(F)(F)F)cc1NS/C1=C/CC/C=C\c2nonc21. The molecule has 35 heavy (non-hydrogen) atoms. The van der Waals surface area contributed by atoms with Crippen LogP contribution in [0.5, 0.6) is 0 Å². The third kappa shape index (κ3) is 6.50. The summed E-state index contributed by atoms with van der Waals surface area (Å²) in [5, 5.41) is 19.7. The van der Waals surface area contributed by atoms with Crippen LogP contribution in [0.25, 0.3) is 11.0 Å². The number of allylic oxidation sites excluding steroid dienone is 2. The average molecular weight is 508 g/mol. The molecule has 4 rings (SSSR count). The van der Waals surface area contributed by atoms with Gasteiger partial charge in [-0.05, 0) is 75.7 Å². The van der Waals surface area contributed by atoms with Gasteiger partial charge in [0.2, 0.25) is 0 Å². The maximum atomic E-state index is 13.4. The predicted octanol–water partition coefficient (Wildman–Crippen LogP) is 6.57. The number of benzene rings is 1. The van der Waals surface area contributed by atoms with Crippen LogP contribution < -0.4 is 4.72 Å². The van der Waals surface area contributed by atoms with Gasteiger partial charge in [0.05, 0.1) is 17.0 Å². The first-order valence-electron chi connectivity index (χ1n) is 11.5. The monoisotopic (exact) mass is 507 g/mol. The molecule has 1 aromatic carbocycles. The van der Waals surface area contributed by atoms with Crippen LogP contribution in [0.4, 0.5) is 18.9 Å². The molecule has 0 fully saturated rings. The van der Waals surface area contributed by atoms with Gasteiger partial charge in [0, 0.05) is 11.6 Å². The van der Waals surface area contributed by atoms with E-state index in [0.29, 0.717) is 28.5 Å². The second kappa shape index (κ2) is 12.0. The van der Waals surface area contributed by atoms with Crippen LogP contribution >= 0.6 is 11.9 Å². The van der Waals surface area contributed by atoms with Crippen molar-refractivity contribution in [2.24, 2.45) is 0 Å². The summed E-state index contributed by atoms with van der Waals surface area (Å²) in [4.78, 5) is 0.724. The molecule has 188 valence electrons. The molecule has 3 aromatic rings. The van der Waals surface area contributed by atoms with E-state index in [4.69, 9.17) is 4.63 Å². The zero-order valence-electron chi connectivity index (χ0n) is 20.0. The first-order valence-corrected chi connectivity index (χ1v) is 12.3. The highest BCUT2D eigenvalue weighted by atomic mass is 32.2. The topological polar surface area (TPSA) is 94.6 Å². The van der Waals surface area contributed by atoms with Gasteiger partial charge in [-0.15, -0.1) is 5.10 Å². The molecule has 8 nitrogen and oxygen atoms in total. The third-order valence-corrected chi connectivity index (χ3v) is 6.23. The highest BCUT2D eigenvalue weighted by molar-refractivity contribution is 8.09. The molecule has 1 N–H and O–H groups in total. The lowest BCUT2D eigenvalue weighted by molar-refractivity contribution is -0.137. The van der Waals surface area contributed by atoms with Gasteiger partial charge in [0.1, 0.15) is 11.4 Å². The number of anilines is 1. The average Bonchev–Trinajstić information content (AvgIpc) is 3.49. The largest absolute Gasteiger partial charge is 0.416 e. The number of fused-ring (bicyclic) bond motifs is 1. The van der Waals surface area contributed by atoms with E-state index in [2.05, 4.69) is 30.6 Å². The molecule has 2 heterocycles. The van der Waals surface area contributed by atoms with Crippen molar-refractivity contribution in [1.82, 2.24) is 30.5 Å². The standard InChI is InChI=1S/C21H22F3N7OS.C2H6/c1-3-13(2)20-25-29-30-31(20)12-14-9-10-15(21(22,23)24)11-17(14)28-33-18-8-6-4-5-7-16-19(18)27-32-26-16;1-2/h5,7-11,13,28H,3-4,6,12H2,1-2H3;1-2H3/b7-5-,18-8+;. The second-order valence-electron chi connectivity index (χ2n) is 7.62. The van der Waals surface area contributed by atoms with Crippen LogP contribution in [0.1, 0.15) is 81.2 Å². The molecule has 2 aromatic heterocycles. The molecule has 12 heteroatoms. The summed E-state index contributed by atoms with van der Waals surface area (Å²) in [5.41, 5.74) is 1.31. The number of hydrogen-bond donors (Lipinski definition) is 1. The quantitative estimate of drug-likeness (QED) is 0.359. The second-order valence-corrected chi connectivity index (χ2v) is 8.47. The lowest BCUT2D eigenvalue weighted by Gasteiger charge is -2.17. The van der Waals surface area contributed by atoms with E-state index >= 15 is 0 Å². The Hall–Kier alpha value is -3.15. The first kappa shape index (κ1) is 26.5. The number of halogens is 3. The van der Waals surface area contributed by atoms with E-state index in [0.717, 1.165) is 36.3 Å². The summed E-state index contributed by atoms with van der Waals surface area (Å²) in [6.07, 6.45) is 3.69. The summed E-state index contributed by atoms with van der Waals surface area (Å²) < 4.78 is 49.8. The smallest absolute Gasteiger partial charge is 0.325 e. The normalized spacial score (nSPS) is 16.6. The molecule has 1 unspecified atom stereocenters. The molecule has 0 saturated carbocycles. The maximum absolute atomic E-state index is 13.4. The van der Waals surface area contributed by atoms with Crippen LogP contribution in [0.3, 0.4) is 0 Å². The maximum Gasteiger partial charge on any atom is 0.416 e. The molecule has 0 bridgehead atoms. The fourth-order valence-electron chi connectivity index (χ4n) is 3.28. The van der Waals surface area contributed by atoms with Gasteiger partial charge < -0.3 is 4.72 Å². The van der Waals surface area contributed by atoms with Crippen molar-refractivity contribution in [1.29, 1.82) is 0 Å². The Balaban J connectivity index is 0.00000167. The number of aromatic nitrogens is 6. The number of tetrazole rings is 1. The van der Waals surface area contributed by atoms with Crippen molar-refractivity contribution in [3.8, 4) is 0 Å². The Morgan fingerprint density at radius 2 is 2.00 bits per heavy atom. The van der Waals surface area contributed by atoms with Gasteiger partial charge in [-0.2, -0.15) is 13.2 Å². The molecule has 0 amide bonds. The number of rotatable bonds is 7. The molecule has 1 atom stereocenters. The number of nitrogens with zero attached hydrogens (tertiary/aromatic N) is 6. The molecule has 0 aliphatic heterocycles. The van der Waals surface area contributed by atoms with Gasteiger partial charge in [0.25, 0.3) is 0 Å². The van der Waals surface area contributed by atoms with Crippen molar-refractivity contribution in [3.63, 3.8) is 0 Å². The minimum atomic E-state index is -4.47. The minimum Gasteiger partial charge on any atom is -0.325 e. The minimum absolute atomic E-state index is 0.117. The Morgan fingerprint density at radius 3 is 2.74 bits per heavy atom.